The Bertz CT molecular complexity index is 1650. The van der Waals surface area contributed by atoms with Crippen molar-refractivity contribution >= 4 is 17.9 Å². The van der Waals surface area contributed by atoms with Crippen molar-refractivity contribution in [3.05, 3.63) is 122 Å². The van der Waals surface area contributed by atoms with Crippen LogP contribution in [0.2, 0.25) is 0 Å². The molecule has 80 heavy (non-hydrogen) atoms. The Morgan fingerprint density at radius 2 is 0.500 bits per heavy atom. The Morgan fingerprint density at radius 3 is 0.850 bits per heavy atom. The van der Waals surface area contributed by atoms with Crippen molar-refractivity contribution in [2.24, 2.45) is 0 Å². The summed E-state index contributed by atoms with van der Waals surface area (Å²) in [7, 11) is 0. The van der Waals surface area contributed by atoms with Crippen molar-refractivity contribution in [1.29, 1.82) is 0 Å². The Balaban J connectivity index is 4.40. The largest absolute Gasteiger partial charge is 0.462 e. The number of allylic oxidation sites excluding steroid dienone is 20. The number of unbranched alkanes of at least 4 members (excludes halogenated alkanes) is 29. The van der Waals surface area contributed by atoms with Gasteiger partial charge in [0.2, 0.25) is 0 Å². The molecule has 0 saturated heterocycles. The molecule has 0 fully saturated rings. The first kappa shape index (κ1) is 75.8. The minimum Gasteiger partial charge on any atom is -0.462 e. The summed E-state index contributed by atoms with van der Waals surface area (Å²) >= 11 is 0. The maximum atomic E-state index is 12.9. The lowest BCUT2D eigenvalue weighted by Crippen LogP contribution is -2.30. The van der Waals surface area contributed by atoms with Gasteiger partial charge in [0.15, 0.2) is 6.10 Å². The molecule has 0 saturated carbocycles. The fraction of sp³-hybridized carbons (Fsp3) is 0.689. The van der Waals surface area contributed by atoms with Gasteiger partial charge in [0, 0.05) is 19.3 Å². The molecule has 1 unspecified atom stereocenters. The Labute approximate surface area is 494 Å². The van der Waals surface area contributed by atoms with Crippen molar-refractivity contribution in [1.82, 2.24) is 0 Å². The third-order valence-electron chi connectivity index (χ3n) is 14.2. The highest BCUT2D eigenvalue weighted by Gasteiger charge is 2.19. The second-order valence-electron chi connectivity index (χ2n) is 22.0. The van der Waals surface area contributed by atoms with Crippen molar-refractivity contribution in [2.75, 3.05) is 13.2 Å². The van der Waals surface area contributed by atoms with E-state index in [2.05, 4.69) is 142 Å². The Hall–Kier alpha value is -4.19. The molecule has 0 aromatic carbocycles. The van der Waals surface area contributed by atoms with Crippen LogP contribution < -0.4 is 0 Å². The van der Waals surface area contributed by atoms with Gasteiger partial charge in [0.1, 0.15) is 13.2 Å². The summed E-state index contributed by atoms with van der Waals surface area (Å²) in [6.45, 7) is 6.47. The number of hydrogen-bond donors (Lipinski definition) is 0. The van der Waals surface area contributed by atoms with Gasteiger partial charge in [-0.15, -0.1) is 0 Å². The number of hydrogen-bond acceptors (Lipinski definition) is 6. The molecule has 0 spiro atoms. The molecule has 0 aliphatic carbocycles. The van der Waals surface area contributed by atoms with Crippen LogP contribution in [0.5, 0.6) is 0 Å². The van der Waals surface area contributed by atoms with Crippen molar-refractivity contribution in [3.8, 4) is 0 Å². The van der Waals surface area contributed by atoms with Gasteiger partial charge in [-0.3, -0.25) is 14.4 Å². The molecule has 0 radical (unpaired) electrons. The van der Waals surface area contributed by atoms with E-state index in [-0.39, 0.29) is 37.5 Å². The zero-order valence-corrected chi connectivity index (χ0v) is 52.3. The summed E-state index contributed by atoms with van der Waals surface area (Å²) in [4.78, 5) is 38.3. The van der Waals surface area contributed by atoms with E-state index in [0.717, 1.165) is 116 Å². The van der Waals surface area contributed by atoms with Gasteiger partial charge in [-0.05, 0) is 109 Å². The first-order valence-corrected chi connectivity index (χ1v) is 33.5. The van der Waals surface area contributed by atoms with Crippen LogP contribution in [0.1, 0.15) is 310 Å². The summed E-state index contributed by atoms with van der Waals surface area (Å²) in [5.41, 5.74) is 0. The minimum absolute atomic E-state index is 0.0999. The van der Waals surface area contributed by atoms with Crippen molar-refractivity contribution < 1.29 is 28.6 Å². The maximum absolute atomic E-state index is 12.9. The van der Waals surface area contributed by atoms with Crippen LogP contribution in [0.15, 0.2) is 122 Å². The van der Waals surface area contributed by atoms with E-state index in [0.29, 0.717) is 19.3 Å². The third-order valence-corrected chi connectivity index (χ3v) is 14.2. The molecule has 1 atom stereocenters. The number of esters is 3. The van der Waals surface area contributed by atoms with Crippen LogP contribution >= 0.6 is 0 Å². The van der Waals surface area contributed by atoms with Crippen LogP contribution in [0.3, 0.4) is 0 Å². The van der Waals surface area contributed by atoms with E-state index in [1.54, 1.807) is 0 Å². The molecule has 0 N–H and O–H groups in total. The summed E-state index contributed by atoms with van der Waals surface area (Å²) < 4.78 is 16.9. The molecular weight excluding hydrogens is 985 g/mol. The monoisotopic (exact) mass is 1110 g/mol. The summed E-state index contributed by atoms with van der Waals surface area (Å²) in [6.07, 6.45) is 93.6. The molecule has 6 heteroatoms. The average molecular weight is 1110 g/mol. The first-order valence-electron chi connectivity index (χ1n) is 33.5. The van der Waals surface area contributed by atoms with Gasteiger partial charge in [-0.2, -0.15) is 0 Å². The highest BCUT2D eigenvalue weighted by atomic mass is 16.6. The van der Waals surface area contributed by atoms with Crippen molar-refractivity contribution in [2.45, 2.75) is 316 Å². The fourth-order valence-electron chi connectivity index (χ4n) is 9.21. The lowest BCUT2D eigenvalue weighted by Gasteiger charge is -2.18. The summed E-state index contributed by atoms with van der Waals surface area (Å²) in [6, 6.07) is 0. The Kier molecular flexibility index (Phi) is 63.8. The number of rotatable bonds is 60. The van der Waals surface area contributed by atoms with Crippen LogP contribution in [-0.2, 0) is 28.6 Å². The molecule has 456 valence electrons. The van der Waals surface area contributed by atoms with E-state index >= 15 is 0 Å². The van der Waals surface area contributed by atoms with Gasteiger partial charge in [-0.1, -0.05) is 303 Å². The minimum atomic E-state index is -0.807. The van der Waals surface area contributed by atoms with Crippen LogP contribution in [0.4, 0.5) is 0 Å². The highest BCUT2D eigenvalue weighted by molar-refractivity contribution is 5.71. The zero-order chi connectivity index (χ0) is 57.8. The first-order chi connectivity index (χ1) is 39.5. The number of carbonyl (C=O) groups is 3. The van der Waals surface area contributed by atoms with Gasteiger partial charge < -0.3 is 14.2 Å². The molecule has 6 nitrogen and oxygen atoms in total. The van der Waals surface area contributed by atoms with Crippen molar-refractivity contribution in [3.63, 3.8) is 0 Å². The lowest BCUT2D eigenvalue weighted by molar-refractivity contribution is -0.167. The molecule has 0 bridgehead atoms. The summed E-state index contributed by atoms with van der Waals surface area (Å²) in [5.74, 6) is -0.962. The molecule has 0 heterocycles. The molecule has 0 rings (SSSR count). The molecule has 0 amide bonds. The maximum Gasteiger partial charge on any atom is 0.306 e. The van der Waals surface area contributed by atoms with Crippen LogP contribution in [-0.4, -0.2) is 37.2 Å². The predicted molar refractivity (Wildman–Crippen MR) is 348 cm³/mol. The molecule has 0 aromatic heterocycles. The van der Waals surface area contributed by atoms with Crippen LogP contribution in [0.25, 0.3) is 0 Å². The SMILES string of the molecule is CC/C=C\C/C=C\C/C=C\C/C=C\C/C=C\C/C=C\C/C=C\C/C=C\C/C=C\CCCC(=O)OCC(COC(=O)CCCCCCC/C=C\CCCCC)OC(=O)CCCCCCCCCCCCCCCCCCCCCCC. The van der Waals surface area contributed by atoms with Gasteiger partial charge in [-0.25, -0.2) is 0 Å². The van der Waals surface area contributed by atoms with E-state index in [1.807, 2.05) is 0 Å². The topological polar surface area (TPSA) is 78.9 Å². The second kappa shape index (κ2) is 67.3. The van der Waals surface area contributed by atoms with E-state index in [4.69, 9.17) is 14.2 Å². The molecule has 0 aliphatic rings. The van der Waals surface area contributed by atoms with Gasteiger partial charge in [0.25, 0.3) is 0 Å². The van der Waals surface area contributed by atoms with Crippen LogP contribution in [0, 0.1) is 0 Å². The zero-order valence-electron chi connectivity index (χ0n) is 52.3. The molecule has 0 aromatic rings. The standard InChI is InChI=1S/C74H124O6/c1-4-7-10-13-16-19-22-25-27-29-31-33-34-35-36-37-38-39-40-42-43-45-47-49-52-55-58-61-64-67-73(76)79-70-71(69-78-72(75)66-63-60-57-54-51-24-21-18-15-12-9-6-3)80-74(77)68-65-62-59-56-53-50-48-46-44-41-32-30-28-26-23-20-17-14-11-8-5-2/h7,10,16,18-19,21,25,27,31,33,35-36,38-39,42-43,47,49,55,58,71H,4-6,8-9,11-15,17,20,22-24,26,28-30,32,34,37,40-41,44-46,48,50-54,56-57,59-70H2,1-3H3/b10-7-,19-16-,21-18-,27-25-,33-31-,36-35-,39-38-,43-42-,49-47-,58-55-. The van der Waals surface area contributed by atoms with Gasteiger partial charge >= 0.3 is 17.9 Å². The summed E-state index contributed by atoms with van der Waals surface area (Å²) in [5, 5.41) is 0. The second-order valence-corrected chi connectivity index (χ2v) is 22.0. The number of ether oxygens (including phenoxy) is 3. The normalized spacial score (nSPS) is 12.9. The number of carbonyl (C=O) groups excluding carboxylic acids is 3. The quantitative estimate of drug-likeness (QED) is 0.0261. The van der Waals surface area contributed by atoms with Gasteiger partial charge in [0.05, 0.1) is 0 Å². The molecular formula is C74H124O6. The fourth-order valence-corrected chi connectivity index (χ4v) is 9.21. The molecule has 0 aliphatic heterocycles. The Morgan fingerprint density at radius 1 is 0.263 bits per heavy atom. The van der Waals surface area contributed by atoms with E-state index in [1.165, 1.54) is 148 Å². The smallest absolute Gasteiger partial charge is 0.306 e. The predicted octanol–water partition coefficient (Wildman–Crippen LogP) is 23.2. The highest BCUT2D eigenvalue weighted by Crippen LogP contribution is 2.17. The average Bonchev–Trinajstić information content (AvgIpc) is 3.46. The van der Waals surface area contributed by atoms with E-state index < -0.39 is 6.10 Å². The lowest BCUT2D eigenvalue weighted by atomic mass is 10.0. The van der Waals surface area contributed by atoms with E-state index in [9.17, 15) is 14.4 Å². The third kappa shape index (κ3) is 64.6.